The number of nitriles is 1. The van der Waals surface area contributed by atoms with Gasteiger partial charge >= 0.3 is 5.97 Å². The second kappa shape index (κ2) is 6.40. The summed E-state index contributed by atoms with van der Waals surface area (Å²) in [6, 6.07) is 8.19. The molecule has 0 fully saturated rings. The Kier molecular flexibility index (Phi) is 4.88. The first-order valence-electron chi connectivity index (χ1n) is 5.41. The van der Waals surface area contributed by atoms with Crippen molar-refractivity contribution in [3.63, 3.8) is 0 Å². The summed E-state index contributed by atoms with van der Waals surface area (Å²) < 4.78 is 4.57. The first-order valence-corrected chi connectivity index (χ1v) is 5.41. The highest BCUT2D eigenvalue weighted by atomic mass is 16.5. The van der Waals surface area contributed by atoms with Crippen molar-refractivity contribution in [2.75, 3.05) is 20.7 Å². The molecule has 5 heteroatoms. The molecule has 0 aromatic heterocycles. The average molecular weight is 246 g/mol. The van der Waals surface area contributed by atoms with Gasteiger partial charge in [0.2, 0.25) is 0 Å². The molecule has 5 nitrogen and oxygen atoms in total. The van der Waals surface area contributed by atoms with Crippen molar-refractivity contribution in [3.05, 3.63) is 35.4 Å². The number of nitrogens with zero attached hydrogens (tertiary/aromatic N) is 2. The molecule has 0 saturated heterocycles. The summed E-state index contributed by atoms with van der Waals surface area (Å²) in [7, 11) is 2.94. The second-order valence-electron chi connectivity index (χ2n) is 3.70. The molecule has 0 aliphatic heterocycles. The lowest BCUT2D eigenvalue weighted by Crippen LogP contribution is -2.27. The number of methoxy groups -OCH3 is 1. The molecular formula is C13H14N2O3. The SMILES string of the molecule is COC(=O)c1ccc(C(=O)N(C)CCC#N)cc1. The van der Waals surface area contributed by atoms with Gasteiger partial charge in [0.25, 0.3) is 5.91 Å². The van der Waals surface area contributed by atoms with Crippen LogP contribution in [0.15, 0.2) is 24.3 Å². The van der Waals surface area contributed by atoms with E-state index in [1.807, 2.05) is 6.07 Å². The Morgan fingerprint density at radius 2 is 1.83 bits per heavy atom. The molecule has 1 rings (SSSR count). The molecule has 0 N–H and O–H groups in total. The highest BCUT2D eigenvalue weighted by molar-refractivity contribution is 5.96. The number of carbonyl (C=O) groups is 2. The van der Waals surface area contributed by atoms with Crippen LogP contribution in [0.4, 0.5) is 0 Å². The predicted molar refractivity (Wildman–Crippen MR) is 65.0 cm³/mol. The van der Waals surface area contributed by atoms with Crippen LogP contribution in [0.5, 0.6) is 0 Å². The smallest absolute Gasteiger partial charge is 0.337 e. The topological polar surface area (TPSA) is 70.4 Å². The monoisotopic (exact) mass is 246 g/mol. The van der Waals surface area contributed by atoms with E-state index in [4.69, 9.17) is 5.26 Å². The quantitative estimate of drug-likeness (QED) is 0.754. The van der Waals surface area contributed by atoms with E-state index in [-0.39, 0.29) is 5.91 Å². The van der Waals surface area contributed by atoms with Gasteiger partial charge < -0.3 is 9.64 Å². The minimum absolute atomic E-state index is 0.179. The molecule has 0 heterocycles. The fourth-order valence-corrected chi connectivity index (χ4v) is 1.41. The van der Waals surface area contributed by atoms with E-state index in [1.54, 1.807) is 19.2 Å². The van der Waals surface area contributed by atoms with E-state index in [1.165, 1.54) is 24.1 Å². The summed E-state index contributed by atoms with van der Waals surface area (Å²) in [5.41, 5.74) is 0.872. The van der Waals surface area contributed by atoms with E-state index >= 15 is 0 Å². The van der Waals surface area contributed by atoms with Gasteiger partial charge in [0.05, 0.1) is 25.2 Å². The van der Waals surface area contributed by atoms with Crippen LogP contribution < -0.4 is 0 Å². The summed E-state index contributed by atoms with van der Waals surface area (Å²) in [6.07, 6.45) is 0.294. The first kappa shape index (κ1) is 13.7. The summed E-state index contributed by atoms with van der Waals surface area (Å²) >= 11 is 0. The minimum atomic E-state index is -0.438. The zero-order valence-corrected chi connectivity index (χ0v) is 10.3. The van der Waals surface area contributed by atoms with E-state index in [9.17, 15) is 9.59 Å². The van der Waals surface area contributed by atoms with Crippen molar-refractivity contribution in [1.29, 1.82) is 5.26 Å². The molecule has 0 radical (unpaired) electrons. The number of amides is 1. The number of hydrogen-bond acceptors (Lipinski definition) is 4. The highest BCUT2D eigenvalue weighted by Gasteiger charge is 2.12. The Morgan fingerprint density at radius 1 is 1.28 bits per heavy atom. The summed E-state index contributed by atoms with van der Waals surface area (Å²) in [5.74, 6) is -0.617. The third kappa shape index (κ3) is 3.32. The predicted octanol–water partition coefficient (Wildman–Crippen LogP) is 1.46. The molecule has 18 heavy (non-hydrogen) atoms. The lowest BCUT2D eigenvalue weighted by atomic mass is 10.1. The van der Waals surface area contributed by atoms with Gasteiger partial charge in [0, 0.05) is 19.2 Å². The van der Waals surface area contributed by atoms with Crippen molar-refractivity contribution < 1.29 is 14.3 Å². The van der Waals surface area contributed by atoms with Crippen LogP contribution in [0.2, 0.25) is 0 Å². The third-order valence-corrected chi connectivity index (χ3v) is 2.46. The molecule has 0 atom stereocenters. The van der Waals surface area contributed by atoms with Crippen LogP contribution in [-0.4, -0.2) is 37.5 Å². The average Bonchev–Trinajstić information content (AvgIpc) is 2.43. The number of benzene rings is 1. The van der Waals surface area contributed by atoms with Crippen LogP contribution in [0.25, 0.3) is 0 Å². The van der Waals surface area contributed by atoms with Gasteiger partial charge in [-0.05, 0) is 24.3 Å². The van der Waals surface area contributed by atoms with Crippen molar-refractivity contribution in [1.82, 2.24) is 4.90 Å². The lowest BCUT2D eigenvalue weighted by Gasteiger charge is -2.15. The Hall–Kier alpha value is -2.35. The molecular weight excluding hydrogens is 232 g/mol. The number of ether oxygens (including phenoxy) is 1. The molecule has 0 aliphatic carbocycles. The summed E-state index contributed by atoms with van der Waals surface area (Å²) in [6.45, 7) is 0.383. The van der Waals surface area contributed by atoms with Gasteiger partial charge in [-0.3, -0.25) is 4.79 Å². The van der Waals surface area contributed by atoms with Gasteiger partial charge in [0.15, 0.2) is 0 Å². The summed E-state index contributed by atoms with van der Waals surface area (Å²) in [5, 5.41) is 8.45. The maximum Gasteiger partial charge on any atom is 0.337 e. The Bertz CT molecular complexity index is 474. The molecule has 0 aliphatic rings. The van der Waals surface area contributed by atoms with Gasteiger partial charge in [0.1, 0.15) is 0 Å². The Balaban J connectivity index is 2.76. The summed E-state index contributed by atoms with van der Waals surface area (Å²) in [4.78, 5) is 24.6. The molecule has 0 spiro atoms. The fourth-order valence-electron chi connectivity index (χ4n) is 1.41. The standard InChI is InChI=1S/C13H14N2O3/c1-15(9-3-8-14)12(16)10-4-6-11(7-5-10)13(17)18-2/h4-7H,3,9H2,1-2H3. The van der Waals surface area contributed by atoms with E-state index in [0.29, 0.717) is 24.1 Å². The van der Waals surface area contributed by atoms with Crippen LogP contribution >= 0.6 is 0 Å². The number of hydrogen-bond donors (Lipinski definition) is 0. The van der Waals surface area contributed by atoms with E-state index in [2.05, 4.69) is 4.74 Å². The van der Waals surface area contributed by atoms with Crippen LogP contribution in [0.3, 0.4) is 0 Å². The number of carbonyl (C=O) groups excluding carboxylic acids is 2. The van der Waals surface area contributed by atoms with Crippen molar-refractivity contribution in [2.24, 2.45) is 0 Å². The van der Waals surface area contributed by atoms with Gasteiger partial charge in [-0.1, -0.05) is 0 Å². The second-order valence-corrected chi connectivity index (χ2v) is 3.70. The van der Waals surface area contributed by atoms with Gasteiger partial charge in [-0.2, -0.15) is 5.26 Å². The number of rotatable bonds is 4. The zero-order valence-electron chi connectivity index (χ0n) is 10.3. The largest absolute Gasteiger partial charge is 0.465 e. The molecule has 0 saturated carbocycles. The normalized spacial score (nSPS) is 9.39. The van der Waals surface area contributed by atoms with E-state index < -0.39 is 5.97 Å². The van der Waals surface area contributed by atoms with Crippen molar-refractivity contribution in [2.45, 2.75) is 6.42 Å². The molecule has 1 aromatic rings. The fraction of sp³-hybridized carbons (Fsp3) is 0.308. The molecule has 0 bridgehead atoms. The number of esters is 1. The molecule has 0 unspecified atom stereocenters. The third-order valence-electron chi connectivity index (χ3n) is 2.46. The first-order chi connectivity index (χ1) is 8.60. The maximum absolute atomic E-state index is 11.9. The molecule has 1 amide bonds. The van der Waals surface area contributed by atoms with Crippen LogP contribution in [-0.2, 0) is 4.74 Å². The Morgan fingerprint density at radius 3 is 2.33 bits per heavy atom. The van der Waals surface area contributed by atoms with Crippen molar-refractivity contribution in [3.8, 4) is 6.07 Å². The molecule has 1 aromatic carbocycles. The van der Waals surface area contributed by atoms with Crippen LogP contribution in [0, 0.1) is 11.3 Å². The maximum atomic E-state index is 11.9. The van der Waals surface area contributed by atoms with E-state index in [0.717, 1.165) is 0 Å². The zero-order chi connectivity index (χ0) is 13.5. The minimum Gasteiger partial charge on any atom is -0.465 e. The van der Waals surface area contributed by atoms with Crippen LogP contribution in [0.1, 0.15) is 27.1 Å². The lowest BCUT2D eigenvalue weighted by molar-refractivity contribution is 0.0600. The van der Waals surface area contributed by atoms with Gasteiger partial charge in [-0.25, -0.2) is 4.79 Å². The van der Waals surface area contributed by atoms with Crippen molar-refractivity contribution >= 4 is 11.9 Å². The Labute approximate surface area is 106 Å². The molecule has 94 valence electrons. The van der Waals surface area contributed by atoms with Gasteiger partial charge in [-0.15, -0.1) is 0 Å². The highest BCUT2D eigenvalue weighted by Crippen LogP contribution is 2.08.